The maximum absolute atomic E-state index is 5.47. The molecule has 0 saturated heterocycles. The molecule has 1 aromatic rings. The molecule has 5 nitrogen and oxygen atoms in total. The van der Waals surface area contributed by atoms with Crippen LogP contribution in [-0.4, -0.2) is 30.4 Å². The van der Waals surface area contributed by atoms with Gasteiger partial charge in [-0.15, -0.1) is 0 Å². The van der Waals surface area contributed by atoms with E-state index >= 15 is 0 Å². The lowest BCUT2D eigenvalue weighted by molar-refractivity contribution is 0.194. The van der Waals surface area contributed by atoms with Crippen LogP contribution in [0.2, 0.25) is 0 Å². The second-order valence-corrected chi connectivity index (χ2v) is 3.62. The third kappa shape index (κ3) is 3.97. The molecular formula is C10H19N3O2. The van der Waals surface area contributed by atoms with E-state index in [4.69, 9.17) is 15.0 Å². The minimum atomic E-state index is 0.249. The zero-order valence-corrected chi connectivity index (χ0v) is 9.40. The van der Waals surface area contributed by atoms with Crippen molar-refractivity contribution >= 4 is 0 Å². The highest BCUT2D eigenvalue weighted by Crippen LogP contribution is 2.16. The van der Waals surface area contributed by atoms with Gasteiger partial charge in [-0.2, -0.15) is 4.98 Å². The smallest absolute Gasteiger partial charge is 0.229 e. The first-order valence-corrected chi connectivity index (χ1v) is 5.29. The average molecular weight is 213 g/mol. The lowest BCUT2D eigenvalue weighted by Crippen LogP contribution is -2.05. The lowest BCUT2D eigenvalue weighted by Gasteiger charge is -2.01. The molecule has 1 heterocycles. The molecule has 2 N–H and O–H groups in total. The Kier molecular flexibility index (Phi) is 5.28. The minimum absolute atomic E-state index is 0.249. The number of aryl methyl sites for hydroxylation is 1. The van der Waals surface area contributed by atoms with Gasteiger partial charge in [-0.25, -0.2) is 0 Å². The van der Waals surface area contributed by atoms with Gasteiger partial charge in [0.2, 0.25) is 5.89 Å². The van der Waals surface area contributed by atoms with Crippen molar-refractivity contribution in [2.75, 3.05) is 20.3 Å². The SMILES string of the molecule is COCCCc1noc(C(C)CCN)n1. The van der Waals surface area contributed by atoms with E-state index in [0.717, 1.165) is 31.7 Å². The van der Waals surface area contributed by atoms with E-state index in [0.29, 0.717) is 12.4 Å². The lowest BCUT2D eigenvalue weighted by atomic mass is 10.1. The molecule has 1 atom stereocenters. The Bertz CT molecular complexity index is 275. The number of hydrogen-bond donors (Lipinski definition) is 1. The summed E-state index contributed by atoms with van der Waals surface area (Å²) < 4.78 is 10.1. The summed E-state index contributed by atoms with van der Waals surface area (Å²) in [6, 6.07) is 0. The standard InChI is InChI=1S/C10H19N3O2/c1-8(5-6-11)10-12-9(13-15-10)4-3-7-14-2/h8H,3-7,11H2,1-2H3. The number of hydrogen-bond acceptors (Lipinski definition) is 5. The van der Waals surface area contributed by atoms with E-state index in [1.54, 1.807) is 7.11 Å². The van der Waals surface area contributed by atoms with Crippen LogP contribution in [0.25, 0.3) is 0 Å². The molecule has 0 saturated carbocycles. The van der Waals surface area contributed by atoms with E-state index < -0.39 is 0 Å². The van der Waals surface area contributed by atoms with Crippen LogP contribution in [0.3, 0.4) is 0 Å². The quantitative estimate of drug-likeness (QED) is 0.686. The van der Waals surface area contributed by atoms with E-state index in [2.05, 4.69) is 10.1 Å². The highest BCUT2D eigenvalue weighted by Gasteiger charge is 2.12. The Morgan fingerprint density at radius 1 is 1.53 bits per heavy atom. The van der Waals surface area contributed by atoms with Crippen LogP contribution in [0.15, 0.2) is 4.52 Å². The topological polar surface area (TPSA) is 74.2 Å². The first kappa shape index (κ1) is 12.1. The summed E-state index contributed by atoms with van der Waals surface area (Å²) in [4.78, 5) is 4.31. The van der Waals surface area contributed by atoms with Crippen LogP contribution >= 0.6 is 0 Å². The molecule has 0 radical (unpaired) electrons. The monoisotopic (exact) mass is 213 g/mol. The third-order valence-electron chi connectivity index (χ3n) is 2.25. The summed E-state index contributed by atoms with van der Waals surface area (Å²) >= 11 is 0. The number of nitrogens with zero attached hydrogens (tertiary/aromatic N) is 2. The summed E-state index contributed by atoms with van der Waals surface area (Å²) in [6.45, 7) is 3.41. The molecule has 1 rings (SSSR count). The number of nitrogens with two attached hydrogens (primary N) is 1. The van der Waals surface area contributed by atoms with Gasteiger partial charge in [-0.1, -0.05) is 12.1 Å². The molecule has 0 aliphatic rings. The number of aromatic nitrogens is 2. The Morgan fingerprint density at radius 3 is 3.00 bits per heavy atom. The van der Waals surface area contributed by atoms with Crippen molar-refractivity contribution in [3.63, 3.8) is 0 Å². The van der Waals surface area contributed by atoms with Crippen molar-refractivity contribution in [3.05, 3.63) is 11.7 Å². The van der Waals surface area contributed by atoms with Crippen molar-refractivity contribution in [1.82, 2.24) is 10.1 Å². The van der Waals surface area contributed by atoms with Crippen LogP contribution < -0.4 is 5.73 Å². The van der Waals surface area contributed by atoms with Crippen LogP contribution in [0, 0.1) is 0 Å². The first-order chi connectivity index (χ1) is 7.27. The second-order valence-electron chi connectivity index (χ2n) is 3.62. The molecule has 15 heavy (non-hydrogen) atoms. The Balaban J connectivity index is 2.41. The molecule has 0 fully saturated rings. The number of ether oxygens (including phenoxy) is 1. The zero-order valence-electron chi connectivity index (χ0n) is 9.40. The van der Waals surface area contributed by atoms with Crippen molar-refractivity contribution in [2.24, 2.45) is 5.73 Å². The van der Waals surface area contributed by atoms with Gasteiger partial charge in [0.15, 0.2) is 5.82 Å². The third-order valence-corrected chi connectivity index (χ3v) is 2.25. The summed E-state index contributed by atoms with van der Waals surface area (Å²) in [5, 5.41) is 3.91. The Hall–Kier alpha value is -0.940. The van der Waals surface area contributed by atoms with Gasteiger partial charge in [0.05, 0.1) is 0 Å². The molecule has 1 aromatic heterocycles. The average Bonchev–Trinajstić information content (AvgIpc) is 2.67. The summed E-state index contributed by atoms with van der Waals surface area (Å²) in [7, 11) is 1.69. The molecule has 86 valence electrons. The molecule has 0 amide bonds. The Morgan fingerprint density at radius 2 is 2.33 bits per heavy atom. The van der Waals surface area contributed by atoms with E-state index in [-0.39, 0.29) is 5.92 Å². The molecule has 1 unspecified atom stereocenters. The van der Waals surface area contributed by atoms with E-state index in [9.17, 15) is 0 Å². The van der Waals surface area contributed by atoms with Gasteiger partial charge in [0.1, 0.15) is 0 Å². The first-order valence-electron chi connectivity index (χ1n) is 5.29. The molecule has 5 heteroatoms. The van der Waals surface area contributed by atoms with E-state index in [1.165, 1.54) is 0 Å². The molecule has 0 aliphatic heterocycles. The zero-order chi connectivity index (χ0) is 11.1. The van der Waals surface area contributed by atoms with E-state index in [1.807, 2.05) is 6.92 Å². The predicted octanol–water partition coefficient (Wildman–Crippen LogP) is 1.10. The highest BCUT2D eigenvalue weighted by molar-refractivity contribution is 4.92. The minimum Gasteiger partial charge on any atom is -0.385 e. The summed E-state index contributed by atoms with van der Waals surface area (Å²) in [5.41, 5.74) is 5.47. The number of methoxy groups -OCH3 is 1. The van der Waals surface area contributed by atoms with Gasteiger partial charge in [0.25, 0.3) is 0 Å². The van der Waals surface area contributed by atoms with Crippen LogP contribution in [0.5, 0.6) is 0 Å². The van der Waals surface area contributed by atoms with Crippen LogP contribution in [0.1, 0.15) is 37.4 Å². The maximum atomic E-state index is 5.47. The largest absolute Gasteiger partial charge is 0.385 e. The van der Waals surface area contributed by atoms with Crippen LogP contribution in [0.4, 0.5) is 0 Å². The van der Waals surface area contributed by atoms with Gasteiger partial charge >= 0.3 is 0 Å². The second kappa shape index (κ2) is 6.53. The van der Waals surface area contributed by atoms with Gasteiger partial charge < -0.3 is 15.0 Å². The van der Waals surface area contributed by atoms with Gasteiger partial charge in [-0.3, -0.25) is 0 Å². The highest BCUT2D eigenvalue weighted by atomic mass is 16.5. The summed E-state index contributed by atoms with van der Waals surface area (Å²) in [6.07, 6.45) is 2.59. The van der Waals surface area contributed by atoms with Crippen molar-refractivity contribution in [2.45, 2.75) is 32.1 Å². The fourth-order valence-electron chi connectivity index (χ4n) is 1.32. The predicted molar refractivity (Wildman–Crippen MR) is 56.6 cm³/mol. The molecule has 0 spiro atoms. The Labute approximate surface area is 90.0 Å². The van der Waals surface area contributed by atoms with Crippen molar-refractivity contribution < 1.29 is 9.26 Å². The van der Waals surface area contributed by atoms with Crippen molar-refractivity contribution in [3.8, 4) is 0 Å². The summed E-state index contributed by atoms with van der Waals surface area (Å²) in [5.74, 6) is 1.69. The maximum Gasteiger partial charge on any atom is 0.229 e. The molecule has 0 aliphatic carbocycles. The fourth-order valence-corrected chi connectivity index (χ4v) is 1.32. The van der Waals surface area contributed by atoms with Gasteiger partial charge in [-0.05, 0) is 19.4 Å². The van der Waals surface area contributed by atoms with Gasteiger partial charge in [0, 0.05) is 26.1 Å². The fraction of sp³-hybridized carbons (Fsp3) is 0.800. The molecule has 0 bridgehead atoms. The normalized spacial score (nSPS) is 13.0. The number of rotatable bonds is 7. The van der Waals surface area contributed by atoms with Crippen LogP contribution in [-0.2, 0) is 11.2 Å². The molecular weight excluding hydrogens is 194 g/mol. The molecule has 0 aromatic carbocycles. The van der Waals surface area contributed by atoms with Crippen molar-refractivity contribution in [1.29, 1.82) is 0 Å².